The number of aliphatic hydroxyl groups excluding tert-OH is 1. The number of amides is 2. The van der Waals surface area contributed by atoms with Crippen molar-refractivity contribution in [3.05, 3.63) is 39.4 Å². The molecule has 2 N–H and O–H groups in total. The molecule has 30 heavy (non-hydrogen) atoms. The largest absolute Gasteiger partial charge is 0.368 e. The molecule has 4 rings (SSSR count). The normalized spacial score (nSPS) is 24.9. The molecular weight excluding hydrogens is 427 g/mol. The molecule has 0 radical (unpaired) electrons. The topological polar surface area (TPSA) is 76.1 Å². The van der Waals surface area contributed by atoms with Crippen LogP contribution in [0.4, 0.5) is 5.69 Å². The van der Waals surface area contributed by atoms with E-state index in [0.717, 1.165) is 62.4 Å². The van der Waals surface area contributed by atoms with E-state index in [1.54, 1.807) is 0 Å². The van der Waals surface area contributed by atoms with E-state index in [1.165, 1.54) is 4.90 Å². The lowest BCUT2D eigenvalue weighted by atomic mass is 10.1. The first kappa shape index (κ1) is 21.4. The molecule has 1 aromatic carbocycles. The van der Waals surface area contributed by atoms with Crippen molar-refractivity contribution in [1.82, 2.24) is 15.1 Å². The van der Waals surface area contributed by atoms with Crippen LogP contribution < -0.4 is 10.2 Å². The predicted octanol–water partition coefficient (Wildman–Crippen LogP) is 1.75. The third-order valence-corrected chi connectivity index (χ3v) is 7.01. The van der Waals surface area contributed by atoms with E-state index in [-0.39, 0.29) is 28.6 Å². The minimum Gasteiger partial charge on any atom is -0.368 e. The Bertz CT molecular complexity index is 877. The van der Waals surface area contributed by atoms with Crippen LogP contribution in [0.3, 0.4) is 0 Å². The Morgan fingerprint density at radius 3 is 2.53 bits per heavy atom. The zero-order valence-corrected chi connectivity index (χ0v) is 18.4. The molecule has 2 fully saturated rings. The molecule has 2 saturated heterocycles. The Labute approximate surface area is 186 Å². The molecule has 7 nitrogen and oxygen atoms in total. The van der Waals surface area contributed by atoms with Crippen molar-refractivity contribution in [3.63, 3.8) is 0 Å². The van der Waals surface area contributed by atoms with Gasteiger partial charge in [0.25, 0.3) is 5.91 Å². The minimum absolute atomic E-state index is 0.0155. The predicted molar refractivity (Wildman–Crippen MR) is 116 cm³/mol. The molecule has 3 aliphatic heterocycles. The summed E-state index contributed by atoms with van der Waals surface area (Å²) in [4.78, 5) is 30.2. The Balaban J connectivity index is 1.37. The molecule has 0 aromatic heterocycles. The van der Waals surface area contributed by atoms with E-state index >= 15 is 0 Å². The number of carbonyl (C=O) groups is 2. The fraction of sp³-hybridized carbons (Fsp3) is 0.524. The van der Waals surface area contributed by atoms with E-state index < -0.39 is 12.1 Å². The van der Waals surface area contributed by atoms with Gasteiger partial charge in [-0.25, -0.2) is 0 Å². The number of aryl methyl sites for hydroxylation is 1. The number of aliphatic hydroxyl groups is 1. The molecule has 1 aromatic rings. The van der Waals surface area contributed by atoms with Crippen molar-refractivity contribution in [2.24, 2.45) is 0 Å². The maximum absolute atomic E-state index is 12.6. The highest BCUT2D eigenvalue weighted by Gasteiger charge is 2.36. The van der Waals surface area contributed by atoms with Gasteiger partial charge in [-0.05, 0) is 49.6 Å². The number of benzene rings is 1. The van der Waals surface area contributed by atoms with E-state index in [0.29, 0.717) is 0 Å². The van der Waals surface area contributed by atoms with Crippen LogP contribution in [-0.4, -0.2) is 71.7 Å². The maximum atomic E-state index is 12.6. The van der Waals surface area contributed by atoms with E-state index in [1.807, 2.05) is 24.0 Å². The molecule has 2 atom stereocenters. The number of hydrogen-bond donors (Lipinski definition) is 2. The highest BCUT2D eigenvalue weighted by molar-refractivity contribution is 6.49. The van der Waals surface area contributed by atoms with Crippen LogP contribution in [0.25, 0.3) is 0 Å². The molecular formula is C21H26Cl2N4O3. The average Bonchev–Trinajstić information content (AvgIpc) is 3.36. The number of nitrogens with zero attached hydrogens (tertiary/aromatic N) is 3. The van der Waals surface area contributed by atoms with Crippen molar-refractivity contribution in [3.8, 4) is 0 Å². The van der Waals surface area contributed by atoms with Crippen molar-refractivity contribution in [1.29, 1.82) is 0 Å². The van der Waals surface area contributed by atoms with Gasteiger partial charge in [0, 0.05) is 38.4 Å². The van der Waals surface area contributed by atoms with Gasteiger partial charge in [0.1, 0.15) is 5.03 Å². The quantitative estimate of drug-likeness (QED) is 0.727. The highest BCUT2D eigenvalue weighted by Crippen LogP contribution is 2.32. The number of hydrogen-bond acceptors (Lipinski definition) is 5. The maximum Gasteiger partial charge on any atom is 0.269 e. The fourth-order valence-electron chi connectivity index (χ4n) is 4.29. The third kappa shape index (κ3) is 4.04. The van der Waals surface area contributed by atoms with Crippen molar-refractivity contribution < 1.29 is 14.7 Å². The molecule has 0 saturated carbocycles. The summed E-state index contributed by atoms with van der Waals surface area (Å²) < 4.78 is 0. The zero-order chi connectivity index (χ0) is 21.4. The summed E-state index contributed by atoms with van der Waals surface area (Å²) in [5.41, 5.74) is 3.02. The van der Waals surface area contributed by atoms with Crippen molar-refractivity contribution >= 4 is 40.7 Å². The monoisotopic (exact) mass is 452 g/mol. The summed E-state index contributed by atoms with van der Waals surface area (Å²) in [6.07, 6.45) is 0.793. The van der Waals surface area contributed by atoms with Gasteiger partial charge in [0.2, 0.25) is 5.91 Å². The van der Waals surface area contributed by atoms with Gasteiger partial charge < -0.3 is 25.1 Å². The Morgan fingerprint density at radius 2 is 1.97 bits per heavy atom. The van der Waals surface area contributed by atoms with E-state index in [4.69, 9.17) is 23.2 Å². The summed E-state index contributed by atoms with van der Waals surface area (Å²) in [7, 11) is 0. The summed E-state index contributed by atoms with van der Waals surface area (Å²) >= 11 is 11.8. The van der Waals surface area contributed by atoms with Gasteiger partial charge in [0.15, 0.2) is 6.23 Å². The van der Waals surface area contributed by atoms with Gasteiger partial charge in [0.05, 0.1) is 11.1 Å². The molecule has 2 amide bonds. The molecule has 3 heterocycles. The van der Waals surface area contributed by atoms with Crippen molar-refractivity contribution in [2.45, 2.75) is 38.6 Å². The van der Waals surface area contributed by atoms with Crippen LogP contribution in [0.15, 0.2) is 28.3 Å². The first-order valence-corrected chi connectivity index (χ1v) is 11.0. The van der Waals surface area contributed by atoms with Gasteiger partial charge >= 0.3 is 0 Å². The standard InChI is InChI=1S/C21H26Cl2N4O3/c1-13-11-15(5-4-14(13)12-27-20(29)17(22)18(23)21(27)30)25-7-9-26(10-8-25)19(28)16-3-2-6-24-16/h4-5,11,16,20,24,29H,2-3,6-10,12H2,1H3/t16-,20?/m0/s1. The number of halogens is 2. The zero-order valence-electron chi connectivity index (χ0n) is 16.9. The second kappa shape index (κ2) is 8.75. The van der Waals surface area contributed by atoms with Crippen LogP contribution in [0.1, 0.15) is 24.0 Å². The molecule has 9 heteroatoms. The summed E-state index contributed by atoms with van der Waals surface area (Å²) in [5, 5.41) is 13.3. The summed E-state index contributed by atoms with van der Waals surface area (Å²) in [6, 6.07) is 6.04. The lowest BCUT2D eigenvalue weighted by molar-refractivity contribution is -0.133. The molecule has 1 unspecified atom stereocenters. The van der Waals surface area contributed by atoms with Gasteiger partial charge in [-0.15, -0.1) is 0 Å². The SMILES string of the molecule is Cc1cc(N2CCN(C(=O)[C@@H]3CCCN3)CC2)ccc1CN1C(=O)C(Cl)=C(Cl)C1O. The second-order valence-corrected chi connectivity index (χ2v) is 8.83. The van der Waals surface area contributed by atoms with Crippen LogP contribution >= 0.6 is 23.2 Å². The third-order valence-electron chi connectivity index (χ3n) is 6.16. The van der Waals surface area contributed by atoms with Crippen molar-refractivity contribution in [2.75, 3.05) is 37.6 Å². The first-order valence-electron chi connectivity index (χ1n) is 10.3. The second-order valence-electron chi connectivity index (χ2n) is 8.04. The molecule has 3 aliphatic rings. The molecule has 162 valence electrons. The molecule has 0 aliphatic carbocycles. The van der Waals surface area contributed by atoms with Crippen LogP contribution in [0.5, 0.6) is 0 Å². The summed E-state index contributed by atoms with van der Waals surface area (Å²) in [5.74, 6) is -0.242. The van der Waals surface area contributed by atoms with E-state index in [2.05, 4.69) is 16.3 Å². The number of anilines is 1. The highest BCUT2D eigenvalue weighted by atomic mass is 35.5. The number of nitrogens with one attached hydrogen (secondary N) is 1. The fourth-order valence-corrected chi connectivity index (χ4v) is 4.69. The average molecular weight is 453 g/mol. The Morgan fingerprint density at radius 1 is 1.23 bits per heavy atom. The Kier molecular flexibility index (Phi) is 6.25. The van der Waals surface area contributed by atoms with Gasteiger partial charge in [-0.2, -0.15) is 0 Å². The van der Waals surface area contributed by atoms with Crippen LogP contribution in [-0.2, 0) is 16.1 Å². The number of carbonyl (C=O) groups excluding carboxylic acids is 2. The van der Waals surface area contributed by atoms with E-state index in [9.17, 15) is 14.7 Å². The number of piperazine rings is 1. The minimum atomic E-state index is -1.20. The van der Waals surface area contributed by atoms with Gasteiger partial charge in [-0.3, -0.25) is 9.59 Å². The van der Waals surface area contributed by atoms with Crippen LogP contribution in [0, 0.1) is 6.92 Å². The lowest BCUT2D eigenvalue weighted by Crippen LogP contribution is -2.53. The first-order chi connectivity index (χ1) is 14.4. The Hall–Kier alpha value is -1.80. The van der Waals surface area contributed by atoms with Crippen LogP contribution in [0.2, 0.25) is 0 Å². The lowest BCUT2D eigenvalue weighted by Gasteiger charge is -2.37. The summed E-state index contributed by atoms with van der Waals surface area (Å²) in [6.45, 7) is 6.15. The van der Waals surface area contributed by atoms with Gasteiger partial charge in [-0.1, -0.05) is 29.3 Å². The molecule has 0 spiro atoms. The number of rotatable bonds is 4. The molecule has 0 bridgehead atoms. The smallest absolute Gasteiger partial charge is 0.269 e.